The van der Waals surface area contributed by atoms with Gasteiger partial charge in [-0.3, -0.25) is 14.5 Å². The fraction of sp³-hybridized carbons (Fsp3) is 0.458. The van der Waals surface area contributed by atoms with Crippen molar-refractivity contribution in [3.05, 3.63) is 34.5 Å². The zero-order valence-electron chi connectivity index (χ0n) is 18.4. The number of methoxy groups -OCH3 is 1. The number of carbonyl (C=O) groups is 1. The molecule has 1 aromatic carbocycles. The minimum absolute atomic E-state index is 0.0739. The highest BCUT2D eigenvalue weighted by atomic mass is 16.5. The van der Waals surface area contributed by atoms with Crippen LogP contribution in [0.5, 0.6) is 5.75 Å². The predicted octanol–water partition coefficient (Wildman–Crippen LogP) is 2.84. The van der Waals surface area contributed by atoms with Crippen molar-refractivity contribution in [2.75, 3.05) is 33.9 Å². The lowest BCUT2D eigenvalue weighted by Crippen LogP contribution is -2.35. The minimum Gasteiger partial charge on any atom is -0.495 e. The first-order valence-electron chi connectivity index (χ1n) is 10.6. The molecule has 2 aliphatic heterocycles. The number of aromatic nitrogens is 2. The molecule has 1 fully saturated rings. The van der Waals surface area contributed by atoms with Crippen LogP contribution in [-0.2, 0) is 22.5 Å². The van der Waals surface area contributed by atoms with Crippen LogP contribution < -0.4 is 4.74 Å². The molecule has 7 nitrogen and oxygen atoms in total. The van der Waals surface area contributed by atoms with Crippen molar-refractivity contribution in [1.82, 2.24) is 14.7 Å². The van der Waals surface area contributed by atoms with E-state index in [0.717, 1.165) is 54.9 Å². The van der Waals surface area contributed by atoms with Gasteiger partial charge >= 0.3 is 0 Å². The summed E-state index contributed by atoms with van der Waals surface area (Å²) < 4.78 is 13.2. The number of hydrogen-bond donors (Lipinski definition) is 0. The van der Waals surface area contributed by atoms with Crippen molar-refractivity contribution in [2.24, 2.45) is 4.99 Å². The molecule has 4 rings (SSSR count). The van der Waals surface area contributed by atoms with E-state index in [0.29, 0.717) is 30.4 Å². The first-order valence-corrected chi connectivity index (χ1v) is 10.6. The summed E-state index contributed by atoms with van der Waals surface area (Å²) in [7, 11) is 3.33. The van der Waals surface area contributed by atoms with Crippen LogP contribution in [-0.4, -0.2) is 60.7 Å². The van der Waals surface area contributed by atoms with E-state index in [1.54, 1.807) is 27.3 Å². The van der Waals surface area contributed by atoms with Crippen LogP contribution in [0, 0.1) is 12.3 Å². The quantitative estimate of drug-likeness (QED) is 0.563. The number of terminal acetylenes is 1. The third-order valence-corrected chi connectivity index (χ3v) is 6.15. The molecular formula is C24H28N4O3. The minimum atomic E-state index is 0.0739. The Morgan fingerprint density at radius 3 is 2.81 bits per heavy atom. The van der Waals surface area contributed by atoms with Gasteiger partial charge in [-0.05, 0) is 25.0 Å². The van der Waals surface area contributed by atoms with Gasteiger partial charge in [-0.25, -0.2) is 0 Å². The molecule has 1 amide bonds. The number of aliphatic imine (C=N–C) groups is 1. The third-order valence-electron chi connectivity index (χ3n) is 6.15. The number of amides is 1. The monoisotopic (exact) mass is 420 g/mol. The molecule has 0 saturated carbocycles. The Morgan fingerprint density at radius 2 is 2.16 bits per heavy atom. The Morgan fingerprint density at radius 1 is 1.39 bits per heavy atom. The number of benzene rings is 1. The molecule has 0 spiro atoms. The van der Waals surface area contributed by atoms with Crippen LogP contribution in [0.1, 0.15) is 48.2 Å². The topological polar surface area (TPSA) is 69.0 Å². The second kappa shape index (κ2) is 8.94. The average Bonchev–Trinajstić information content (AvgIpc) is 3.18. The molecule has 0 radical (unpaired) electrons. The highest BCUT2D eigenvalue weighted by Crippen LogP contribution is 2.37. The Kier molecular flexibility index (Phi) is 6.10. The second-order valence-corrected chi connectivity index (χ2v) is 7.89. The molecule has 3 heterocycles. The zero-order chi connectivity index (χ0) is 22.0. The van der Waals surface area contributed by atoms with Crippen molar-refractivity contribution in [2.45, 2.75) is 38.8 Å². The van der Waals surface area contributed by atoms with Crippen LogP contribution in [0.4, 0.5) is 0 Å². The maximum Gasteiger partial charge on any atom is 0.219 e. The number of fused-ring (bicyclic) bond motifs is 1. The second-order valence-electron chi connectivity index (χ2n) is 7.89. The van der Waals surface area contributed by atoms with Gasteiger partial charge in [-0.1, -0.05) is 5.92 Å². The van der Waals surface area contributed by atoms with E-state index in [9.17, 15) is 4.79 Å². The molecule has 2 aromatic rings. The summed E-state index contributed by atoms with van der Waals surface area (Å²) in [6, 6.07) is 4.16. The smallest absolute Gasteiger partial charge is 0.219 e. The highest BCUT2D eigenvalue weighted by Gasteiger charge is 2.31. The number of hydrogen-bond acceptors (Lipinski definition) is 5. The first kappa shape index (κ1) is 21.1. The number of rotatable bonds is 4. The van der Waals surface area contributed by atoms with Gasteiger partial charge in [-0.2, -0.15) is 5.10 Å². The van der Waals surface area contributed by atoms with E-state index in [1.165, 1.54) is 5.69 Å². The third kappa shape index (κ3) is 3.84. The molecule has 1 aromatic heterocycles. The largest absolute Gasteiger partial charge is 0.495 e. The van der Waals surface area contributed by atoms with Crippen LogP contribution in [0.25, 0.3) is 11.3 Å². The predicted molar refractivity (Wildman–Crippen MR) is 120 cm³/mol. The standard InChI is InChI=1S/C24H28N4O3/c1-5-18-20(14-25-3)19(6-7-23(18)30-4)24-21-15-27(16(2)29)11-8-22(21)28(26-24)17-9-12-31-13-10-17/h1,6-7,14,17H,8-13,15H2,2-4H3. The van der Waals surface area contributed by atoms with Crippen molar-refractivity contribution < 1.29 is 14.3 Å². The van der Waals surface area contributed by atoms with Gasteiger partial charge in [0, 0.05) is 75.3 Å². The molecular weight excluding hydrogens is 392 g/mol. The fourth-order valence-corrected chi connectivity index (χ4v) is 4.55. The van der Waals surface area contributed by atoms with Crippen molar-refractivity contribution in [1.29, 1.82) is 0 Å². The summed E-state index contributed by atoms with van der Waals surface area (Å²) in [6.07, 6.45) is 10.3. The summed E-state index contributed by atoms with van der Waals surface area (Å²) in [6.45, 7) is 4.35. The maximum atomic E-state index is 12.1. The zero-order valence-corrected chi connectivity index (χ0v) is 18.4. The van der Waals surface area contributed by atoms with Crippen LogP contribution in [0.2, 0.25) is 0 Å². The van der Waals surface area contributed by atoms with Gasteiger partial charge in [0.1, 0.15) is 5.75 Å². The number of nitrogens with zero attached hydrogens (tertiary/aromatic N) is 4. The van der Waals surface area contributed by atoms with Gasteiger partial charge in [0.15, 0.2) is 0 Å². The van der Waals surface area contributed by atoms with E-state index in [4.69, 9.17) is 21.0 Å². The van der Waals surface area contributed by atoms with Crippen LogP contribution in [0.15, 0.2) is 17.1 Å². The Bertz CT molecular complexity index is 1060. The molecule has 0 bridgehead atoms. The molecule has 0 atom stereocenters. The van der Waals surface area contributed by atoms with Crippen LogP contribution >= 0.6 is 0 Å². The van der Waals surface area contributed by atoms with E-state index >= 15 is 0 Å². The molecule has 2 aliphatic rings. The van der Waals surface area contributed by atoms with Crippen molar-refractivity contribution in [3.8, 4) is 29.4 Å². The molecule has 0 aliphatic carbocycles. The summed E-state index contributed by atoms with van der Waals surface area (Å²) in [5, 5.41) is 5.11. The maximum absolute atomic E-state index is 12.1. The van der Waals surface area contributed by atoms with Crippen molar-refractivity contribution >= 4 is 12.1 Å². The summed E-state index contributed by atoms with van der Waals surface area (Å²) in [4.78, 5) is 18.2. The molecule has 7 heteroatoms. The van der Waals surface area contributed by atoms with Crippen molar-refractivity contribution in [3.63, 3.8) is 0 Å². The Labute approximate surface area is 183 Å². The van der Waals surface area contributed by atoms with E-state index in [1.807, 2.05) is 17.0 Å². The Hall–Kier alpha value is -3.11. The lowest BCUT2D eigenvalue weighted by Gasteiger charge is -2.29. The molecule has 31 heavy (non-hydrogen) atoms. The van der Waals surface area contributed by atoms with E-state index < -0.39 is 0 Å². The van der Waals surface area contributed by atoms with Gasteiger partial charge in [0.2, 0.25) is 5.91 Å². The summed E-state index contributed by atoms with van der Waals surface area (Å²) in [5.74, 6) is 3.46. The number of carbonyl (C=O) groups excluding carboxylic acids is 1. The number of ether oxygens (including phenoxy) is 2. The molecule has 0 unspecified atom stereocenters. The SMILES string of the molecule is C#Cc1c(OC)ccc(-c2nn(C3CCOCC3)c3c2CN(C(C)=O)CC3)c1C=NC. The first-order chi connectivity index (χ1) is 15.1. The van der Waals surface area contributed by atoms with Gasteiger partial charge < -0.3 is 14.4 Å². The summed E-state index contributed by atoms with van der Waals surface area (Å²) in [5.41, 5.74) is 5.53. The van der Waals surface area contributed by atoms with Gasteiger partial charge in [-0.15, -0.1) is 6.42 Å². The lowest BCUT2D eigenvalue weighted by atomic mass is 9.94. The molecule has 0 N–H and O–H groups in total. The van der Waals surface area contributed by atoms with E-state index in [-0.39, 0.29) is 5.91 Å². The Balaban J connectivity index is 1.92. The summed E-state index contributed by atoms with van der Waals surface area (Å²) >= 11 is 0. The van der Waals surface area contributed by atoms with Gasteiger partial charge in [0.05, 0.1) is 24.4 Å². The highest BCUT2D eigenvalue weighted by molar-refractivity contribution is 5.94. The fourth-order valence-electron chi connectivity index (χ4n) is 4.55. The van der Waals surface area contributed by atoms with Crippen LogP contribution in [0.3, 0.4) is 0 Å². The van der Waals surface area contributed by atoms with E-state index in [2.05, 4.69) is 15.6 Å². The lowest BCUT2D eigenvalue weighted by molar-refractivity contribution is -0.129. The van der Waals surface area contributed by atoms with Gasteiger partial charge in [0.25, 0.3) is 0 Å². The molecule has 162 valence electrons. The molecule has 1 saturated heterocycles. The normalized spacial score (nSPS) is 16.9. The average molecular weight is 421 g/mol.